The number of carbonyl (C=O) groups is 5. The first kappa shape index (κ1) is 47.1. The molecule has 3 saturated heterocycles. The number of sulfonamides is 1. The number of nitrogens with one attached hydrogen (secondary N) is 2. The number of hydrogen-bond acceptors (Lipinski definition) is 14. The van der Waals surface area contributed by atoms with Crippen LogP contribution in [0.15, 0.2) is 88.9 Å². The van der Waals surface area contributed by atoms with Crippen molar-refractivity contribution in [1.82, 2.24) is 19.5 Å². The second kappa shape index (κ2) is 18.3. The van der Waals surface area contributed by atoms with Crippen LogP contribution in [0.3, 0.4) is 0 Å². The Morgan fingerprint density at radius 3 is 2.54 bits per heavy atom. The number of rotatable bonds is 13. The van der Waals surface area contributed by atoms with Crippen LogP contribution in [-0.4, -0.2) is 130 Å². The average Bonchev–Trinajstić information content (AvgIpc) is 3.81. The maximum absolute atomic E-state index is 14.2. The molecular weight excluding hydrogens is 960 g/mol. The van der Waals surface area contributed by atoms with Crippen molar-refractivity contribution in [3.8, 4) is 16.2 Å². The van der Waals surface area contributed by atoms with Crippen molar-refractivity contribution < 1.29 is 47.3 Å². The molecule has 70 heavy (non-hydrogen) atoms. The highest BCUT2D eigenvalue weighted by atomic mass is 35.5. The molecule has 364 valence electrons. The number of aliphatic carboxylic acids is 1. The van der Waals surface area contributed by atoms with E-state index in [2.05, 4.69) is 21.6 Å². The van der Waals surface area contributed by atoms with E-state index in [-0.39, 0.29) is 70.6 Å². The molecule has 0 bridgehead atoms. The zero-order chi connectivity index (χ0) is 49.2. The summed E-state index contributed by atoms with van der Waals surface area (Å²) in [5.74, 6) is -3.11. The zero-order valence-electron chi connectivity index (χ0n) is 38.1. The summed E-state index contributed by atoms with van der Waals surface area (Å²) in [7, 11) is -3.82. The Bertz CT molecular complexity index is 3120. The van der Waals surface area contributed by atoms with Crippen molar-refractivity contribution in [2.75, 3.05) is 42.2 Å². The predicted octanol–water partition coefficient (Wildman–Crippen LogP) is 6.49. The van der Waals surface area contributed by atoms with E-state index in [0.29, 0.717) is 53.3 Å². The molecule has 3 fully saturated rings. The molecule has 3 unspecified atom stereocenters. The number of halogens is 1. The number of likely N-dealkylation sites (tertiary alicyclic amines) is 1. The highest BCUT2D eigenvalue weighted by molar-refractivity contribution is 7.89. The van der Waals surface area contributed by atoms with Crippen LogP contribution in [0.25, 0.3) is 21.2 Å². The van der Waals surface area contributed by atoms with Crippen molar-refractivity contribution in [3.63, 3.8) is 0 Å². The molecular formula is C49H49ClN8O10S2. The Balaban J connectivity index is 0.771. The number of nitrogens with zero attached hydrogens (tertiary/aromatic N) is 6. The van der Waals surface area contributed by atoms with Crippen molar-refractivity contribution in [2.45, 2.75) is 82.0 Å². The number of imide groups is 1. The molecule has 3 atom stereocenters. The van der Waals surface area contributed by atoms with Crippen LogP contribution >= 0.6 is 22.9 Å². The lowest BCUT2D eigenvalue weighted by atomic mass is 9.85. The number of hydrazone groups is 1. The van der Waals surface area contributed by atoms with E-state index in [9.17, 15) is 37.5 Å². The molecule has 18 nitrogen and oxygen atoms in total. The van der Waals surface area contributed by atoms with Crippen molar-refractivity contribution in [3.05, 3.63) is 99.8 Å². The van der Waals surface area contributed by atoms with E-state index in [0.717, 1.165) is 52.0 Å². The molecule has 3 amide bonds. The van der Waals surface area contributed by atoms with Crippen LogP contribution in [0.1, 0.15) is 83.9 Å². The molecule has 0 spiro atoms. The fourth-order valence-electron chi connectivity index (χ4n) is 10.6. The Morgan fingerprint density at radius 2 is 1.80 bits per heavy atom. The number of thiophene rings is 1. The molecule has 0 aliphatic carbocycles. The number of amides is 3. The molecule has 7 heterocycles. The molecule has 6 aliphatic heterocycles. The minimum atomic E-state index is -3.82. The number of anilines is 2. The Labute approximate surface area is 412 Å². The quantitative estimate of drug-likeness (QED) is 0.105. The molecule has 10 rings (SSSR count). The summed E-state index contributed by atoms with van der Waals surface area (Å²) in [6.07, 6.45) is 10.4. The van der Waals surface area contributed by atoms with Gasteiger partial charge in [-0.1, -0.05) is 48.0 Å². The first-order valence-electron chi connectivity index (χ1n) is 23.0. The SMILES string of the molecule is CC1(C)CC(Nc2cccc(-c3sc(C(=O)O)c(OCC(=O)O)c3Cl)c2)CCN1S(=O)(=O)CC1=NN2C=C(N3CCC(c4ccc5c6c(cccc46)C(=O)N5C4CCC(=O)NC4=O)CC3)N=CC2C=C1. The summed E-state index contributed by atoms with van der Waals surface area (Å²) in [6.45, 7) is 4.76. The Hall–Kier alpha value is -6.61. The second-order valence-electron chi connectivity index (χ2n) is 18.8. The monoisotopic (exact) mass is 1010 g/mol. The van der Waals surface area contributed by atoms with Gasteiger partial charge in [-0.15, -0.1) is 11.3 Å². The number of ether oxygens (including phenoxy) is 1. The third kappa shape index (κ3) is 8.81. The average molecular weight is 1010 g/mol. The maximum Gasteiger partial charge on any atom is 0.349 e. The minimum absolute atomic E-state index is 0.00576. The van der Waals surface area contributed by atoms with Crippen molar-refractivity contribution >= 4 is 96.7 Å². The van der Waals surface area contributed by atoms with Gasteiger partial charge in [0.05, 0.1) is 22.5 Å². The summed E-state index contributed by atoms with van der Waals surface area (Å²) in [4.78, 5) is 70.2. The van der Waals surface area contributed by atoms with Crippen LogP contribution in [0.4, 0.5) is 11.4 Å². The number of hydrogen-bond donors (Lipinski definition) is 4. The minimum Gasteiger partial charge on any atom is -0.479 e. The van der Waals surface area contributed by atoms with Gasteiger partial charge in [-0.25, -0.2) is 23.0 Å². The van der Waals surface area contributed by atoms with Gasteiger partial charge in [0, 0.05) is 60.5 Å². The van der Waals surface area contributed by atoms with Crippen LogP contribution < -0.4 is 20.3 Å². The smallest absolute Gasteiger partial charge is 0.349 e. The fraction of sp³-hybridized carbons (Fsp3) is 0.367. The van der Waals surface area contributed by atoms with Crippen LogP contribution in [0, 0.1) is 0 Å². The lowest BCUT2D eigenvalue weighted by Crippen LogP contribution is -2.56. The van der Waals surface area contributed by atoms with E-state index in [1.165, 1.54) is 0 Å². The van der Waals surface area contributed by atoms with Crippen LogP contribution in [0.2, 0.25) is 5.02 Å². The van der Waals surface area contributed by atoms with Gasteiger partial charge in [0.15, 0.2) is 17.2 Å². The number of aliphatic imine (C=N–C) groups is 1. The van der Waals surface area contributed by atoms with Crippen molar-refractivity contribution in [1.29, 1.82) is 0 Å². The van der Waals surface area contributed by atoms with Gasteiger partial charge >= 0.3 is 11.9 Å². The van der Waals surface area contributed by atoms with E-state index in [1.54, 1.807) is 38.5 Å². The second-order valence-corrected chi connectivity index (χ2v) is 22.1. The maximum atomic E-state index is 14.2. The molecule has 0 saturated carbocycles. The summed E-state index contributed by atoms with van der Waals surface area (Å²) in [6, 6.07) is 15.9. The summed E-state index contributed by atoms with van der Waals surface area (Å²) < 4.78 is 35.2. The van der Waals surface area contributed by atoms with Gasteiger partial charge < -0.3 is 25.2 Å². The third-order valence-electron chi connectivity index (χ3n) is 13.8. The highest BCUT2D eigenvalue weighted by Crippen LogP contribution is 2.47. The first-order valence-corrected chi connectivity index (χ1v) is 25.8. The van der Waals surface area contributed by atoms with Gasteiger partial charge in [-0.2, -0.15) is 9.41 Å². The topological polar surface area (TPSA) is 231 Å². The predicted molar refractivity (Wildman–Crippen MR) is 265 cm³/mol. The van der Waals surface area contributed by atoms with E-state index >= 15 is 0 Å². The lowest BCUT2D eigenvalue weighted by Gasteiger charge is -2.45. The van der Waals surface area contributed by atoms with Gasteiger partial charge in [0.1, 0.15) is 28.7 Å². The molecule has 6 aliphatic rings. The number of carboxylic acid groups (broad SMARTS) is 2. The number of allylic oxidation sites excluding steroid dienone is 1. The standard InChI is InChI=1S/C49H49ClN8O10S2/c1-49(2)22-30(52-29-6-3-5-28(21-29)44-42(50)43(68-25-40(60)61)45(69-44)48(64)65)17-20-57(49)70(66,67)26-31-9-10-32-23-51-38(24-56(32)54-31)55-18-15-27(16-19-55)33-11-12-36-41-34(33)7-4-8-35(41)47(63)58(36)37-13-14-39(59)53-46(37)62/h3-12,21,23-24,27,30,32,37,52H,13-20,22,25-26H2,1-2H3,(H,60,61)(H,64,65)(H,53,59,62). The molecule has 3 aromatic carbocycles. The number of fused-ring (bicyclic) bond motifs is 1. The largest absolute Gasteiger partial charge is 0.479 e. The fourth-order valence-corrected chi connectivity index (χ4v) is 13.9. The van der Waals surface area contributed by atoms with E-state index in [1.807, 2.05) is 62.7 Å². The number of carbonyl (C=O) groups excluding carboxylic acids is 3. The summed E-state index contributed by atoms with van der Waals surface area (Å²) in [5.41, 5.74) is 3.38. The molecule has 0 radical (unpaired) electrons. The summed E-state index contributed by atoms with van der Waals surface area (Å²) in [5, 5.41) is 33.1. The highest BCUT2D eigenvalue weighted by Gasteiger charge is 2.44. The van der Waals surface area contributed by atoms with Gasteiger partial charge in [-0.3, -0.25) is 29.6 Å². The van der Waals surface area contributed by atoms with Crippen LogP contribution in [-0.2, 0) is 24.4 Å². The summed E-state index contributed by atoms with van der Waals surface area (Å²) >= 11 is 7.43. The normalized spacial score (nSPS) is 22.5. The number of benzene rings is 3. The number of aromatic carboxylic acids is 1. The van der Waals surface area contributed by atoms with Gasteiger partial charge in [-0.05, 0) is 98.7 Å². The van der Waals surface area contributed by atoms with Gasteiger partial charge in [0.2, 0.25) is 21.8 Å². The van der Waals surface area contributed by atoms with E-state index in [4.69, 9.17) is 31.5 Å². The first-order chi connectivity index (χ1) is 33.5. The van der Waals surface area contributed by atoms with Crippen molar-refractivity contribution in [2.24, 2.45) is 10.1 Å². The zero-order valence-corrected chi connectivity index (χ0v) is 40.5. The van der Waals surface area contributed by atoms with Gasteiger partial charge in [0.25, 0.3) is 5.91 Å². The van der Waals surface area contributed by atoms with Crippen LogP contribution in [0.5, 0.6) is 5.75 Å². The third-order valence-corrected chi connectivity index (χ3v) is 17.5. The molecule has 1 aromatic heterocycles. The molecule has 4 N–H and O–H groups in total. The van der Waals surface area contributed by atoms with E-state index < -0.39 is 46.1 Å². The Kier molecular flexibility index (Phi) is 12.3. The number of piperidine rings is 3. The lowest BCUT2D eigenvalue weighted by molar-refractivity contribution is -0.139. The Morgan fingerprint density at radius 1 is 1.01 bits per heavy atom. The molecule has 4 aromatic rings. The molecule has 21 heteroatoms. The number of carboxylic acids is 2.